The molecule has 0 radical (unpaired) electrons. The largest absolute Gasteiger partial charge is 0.419 e. The lowest BCUT2D eigenvalue weighted by Crippen LogP contribution is -2.42. The quantitative estimate of drug-likeness (QED) is 0.470. The fraction of sp³-hybridized carbons (Fsp3) is 0.333. The molecule has 0 aromatic heterocycles. The van der Waals surface area contributed by atoms with E-state index < -0.39 is 17.7 Å². The van der Waals surface area contributed by atoms with Gasteiger partial charge in [-0.25, -0.2) is 9.59 Å². The average molecular weight is 275 g/mol. The van der Waals surface area contributed by atoms with Crippen molar-refractivity contribution in [3.05, 3.63) is 41.6 Å². The topological polar surface area (TPSA) is 55.8 Å². The van der Waals surface area contributed by atoms with Crippen LogP contribution >= 0.6 is 0 Å². The third kappa shape index (κ3) is 2.99. The van der Waals surface area contributed by atoms with Crippen molar-refractivity contribution in [1.29, 1.82) is 0 Å². The number of aryl methyl sites for hydroxylation is 1. The van der Waals surface area contributed by atoms with Gasteiger partial charge in [0, 0.05) is 32.8 Å². The normalized spacial score (nSPS) is 17.3. The number of anilines is 1. The number of cyclic esters (lactones) is 2. The summed E-state index contributed by atoms with van der Waals surface area (Å²) in [5, 5.41) is 0. The van der Waals surface area contributed by atoms with Crippen LogP contribution in [0.1, 0.15) is 19.4 Å². The van der Waals surface area contributed by atoms with Gasteiger partial charge in [-0.2, -0.15) is 0 Å². The lowest BCUT2D eigenvalue weighted by molar-refractivity contribution is -0.222. The van der Waals surface area contributed by atoms with Gasteiger partial charge in [0.1, 0.15) is 0 Å². The molecular formula is C15H17NO4. The molecule has 5 nitrogen and oxygen atoms in total. The van der Waals surface area contributed by atoms with Crippen LogP contribution < -0.4 is 4.90 Å². The molecule has 1 aromatic rings. The van der Waals surface area contributed by atoms with Gasteiger partial charge in [-0.3, -0.25) is 0 Å². The molecular weight excluding hydrogens is 258 g/mol. The third-order valence-corrected chi connectivity index (χ3v) is 2.85. The Bertz CT molecular complexity index is 567. The lowest BCUT2D eigenvalue weighted by atomic mass is 10.2. The first-order valence-electron chi connectivity index (χ1n) is 6.26. The summed E-state index contributed by atoms with van der Waals surface area (Å²) in [7, 11) is 1.75. The first kappa shape index (κ1) is 14.1. The van der Waals surface area contributed by atoms with Crippen molar-refractivity contribution in [1.82, 2.24) is 0 Å². The zero-order valence-corrected chi connectivity index (χ0v) is 12.0. The molecule has 2 rings (SSSR count). The smallest absolute Gasteiger partial charge is 0.350 e. The monoisotopic (exact) mass is 275 g/mol. The molecule has 1 aliphatic heterocycles. The van der Waals surface area contributed by atoms with Crippen molar-refractivity contribution in [3.8, 4) is 0 Å². The van der Waals surface area contributed by atoms with Crippen molar-refractivity contribution in [3.63, 3.8) is 0 Å². The Morgan fingerprint density at radius 1 is 1.15 bits per heavy atom. The van der Waals surface area contributed by atoms with Gasteiger partial charge in [0.25, 0.3) is 5.79 Å². The van der Waals surface area contributed by atoms with Crippen molar-refractivity contribution in [2.75, 3.05) is 11.9 Å². The second-order valence-electron chi connectivity index (χ2n) is 5.17. The molecule has 0 saturated carbocycles. The molecule has 1 aliphatic rings. The molecule has 1 fully saturated rings. The van der Waals surface area contributed by atoms with Crippen LogP contribution in [-0.2, 0) is 19.1 Å². The molecule has 0 aliphatic carbocycles. The van der Waals surface area contributed by atoms with E-state index in [9.17, 15) is 9.59 Å². The van der Waals surface area contributed by atoms with Gasteiger partial charge < -0.3 is 14.4 Å². The van der Waals surface area contributed by atoms with E-state index in [4.69, 9.17) is 9.47 Å². The van der Waals surface area contributed by atoms with Crippen LogP contribution in [0.15, 0.2) is 36.0 Å². The Balaban J connectivity index is 2.26. The molecule has 0 unspecified atom stereocenters. The zero-order chi connectivity index (χ0) is 14.9. The molecule has 1 aromatic carbocycles. The number of ether oxygens (including phenoxy) is 2. The van der Waals surface area contributed by atoms with Gasteiger partial charge in [0.2, 0.25) is 0 Å². The summed E-state index contributed by atoms with van der Waals surface area (Å²) in [6.45, 7) is 5.00. The average Bonchev–Trinajstić information content (AvgIpc) is 2.32. The van der Waals surface area contributed by atoms with Gasteiger partial charge in [-0.1, -0.05) is 12.1 Å². The minimum atomic E-state index is -1.21. The van der Waals surface area contributed by atoms with Crippen LogP contribution in [-0.4, -0.2) is 24.8 Å². The maximum atomic E-state index is 11.8. The van der Waals surface area contributed by atoms with Crippen molar-refractivity contribution in [2.24, 2.45) is 0 Å². The second-order valence-corrected chi connectivity index (χ2v) is 5.17. The summed E-state index contributed by atoms with van der Waals surface area (Å²) in [5.41, 5.74) is 1.83. The van der Waals surface area contributed by atoms with Gasteiger partial charge in [0.15, 0.2) is 5.57 Å². The van der Waals surface area contributed by atoms with E-state index in [1.165, 1.54) is 20.0 Å². The summed E-state index contributed by atoms with van der Waals surface area (Å²) in [5.74, 6) is -2.57. The number of nitrogens with zero attached hydrogens (tertiary/aromatic N) is 1. The third-order valence-electron chi connectivity index (χ3n) is 2.85. The van der Waals surface area contributed by atoms with Crippen molar-refractivity contribution in [2.45, 2.75) is 26.6 Å². The SMILES string of the molecule is Cc1cccc(N(C)C=C2C(=O)OC(C)(C)OC2=O)c1. The molecule has 0 spiro atoms. The highest BCUT2D eigenvalue weighted by Crippen LogP contribution is 2.24. The number of esters is 2. The number of hydrogen-bond donors (Lipinski definition) is 0. The van der Waals surface area contributed by atoms with Crippen LogP contribution in [0, 0.1) is 6.92 Å². The number of carbonyl (C=O) groups is 2. The minimum absolute atomic E-state index is 0.117. The number of benzene rings is 1. The minimum Gasteiger partial charge on any atom is -0.419 e. The van der Waals surface area contributed by atoms with Crippen LogP contribution in [0.2, 0.25) is 0 Å². The standard InChI is InChI=1S/C15H17NO4/c1-10-6-5-7-11(8-10)16(4)9-12-13(17)19-15(2,3)20-14(12)18/h5-9H,1-4H3. The van der Waals surface area contributed by atoms with E-state index in [1.807, 2.05) is 31.2 Å². The van der Waals surface area contributed by atoms with Crippen LogP contribution in [0.4, 0.5) is 5.69 Å². The fourth-order valence-electron chi connectivity index (χ4n) is 1.88. The van der Waals surface area contributed by atoms with Crippen LogP contribution in [0.25, 0.3) is 0 Å². The second kappa shape index (κ2) is 5.00. The summed E-state index contributed by atoms with van der Waals surface area (Å²) in [6, 6.07) is 7.70. The summed E-state index contributed by atoms with van der Waals surface area (Å²) in [4.78, 5) is 25.4. The van der Waals surface area contributed by atoms with E-state index in [0.29, 0.717) is 0 Å². The van der Waals surface area contributed by atoms with E-state index in [0.717, 1.165) is 11.3 Å². The van der Waals surface area contributed by atoms with Gasteiger partial charge in [0.05, 0.1) is 0 Å². The van der Waals surface area contributed by atoms with Gasteiger partial charge >= 0.3 is 11.9 Å². The van der Waals surface area contributed by atoms with E-state index in [1.54, 1.807) is 11.9 Å². The lowest BCUT2D eigenvalue weighted by Gasteiger charge is -2.30. The molecule has 0 bridgehead atoms. The fourth-order valence-corrected chi connectivity index (χ4v) is 1.88. The van der Waals surface area contributed by atoms with Crippen molar-refractivity contribution >= 4 is 17.6 Å². The highest BCUT2D eigenvalue weighted by atomic mass is 16.7. The zero-order valence-electron chi connectivity index (χ0n) is 12.0. The van der Waals surface area contributed by atoms with E-state index in [2.05, 4.69) is 0 Å². The Morgan fingerprint density at radius 2 is 1.75 bits per heavy atom. The number of hydrogen-bond acceptors (Lipinski definition) is 5. The van der Waals surface area contributed by atoms with E-state index >= 15 is 0 Å². The molecule has 20 heavy (non-hydrogen) atoms. The van der Waals surface area contributed by atoms with Crippen LogP contribution in [0.3, 0.4) is 0 Å². The molecule has 0 atom stereocenters. The molecule has 1 saturated heterocycles. The Morgan fingerprint density at radius 3 is 2.30 bits per heavy atom. The van der Waals surface area contributed by atoms with Gasteiger partial charge in [-0.15, -0.1) is 0 Å². The van der Waals surface area contributed by atoms with E-state index in [-0.39, 0.29) is 5.57 Å². The highest BCUT2D eigenvalue weighted by Gasteiger charge is 2.39. The predicted octanol–water partition coefficient (Wildman–Crippen LogP) is 2.15. The van der Waals surface area contributed by atoms with Crippen LogP contribution in [0.5, 0.6) is 0 Å². The predicted molar refractivity (Wildman–Crippen MR) is 73.9 cm³/mol. The molecule has 106 valence electrons. The molecule has 5 heteroatoms. The Hall–Kier alpha value is -2.30. The highest BCUT2D eigenvalue weighted by molar-refractivity contribution is 6.15. The first-order valence-corrected chi connectivity index (χ1v) is 6.26. The first-order chi connectivity index (χ1) is 9.28. The Labute approximate surface area is 117 Å². The van der Waals surface area contributed by atoms with Gasteiger partial charge in [-0.05, 0) is 24.6 Å². The summed E-state index contributed by atoms with van der Waals surface area (Å²) < 4.78 is 10.1. The van der Waals surface area contributed by atoms with Crippen molar-refractivity contribution < 1.29 is 19.1 Å². The molecule has 0 amide bonds. The maximum absolute atomic E-state index is 11.8. The summed E-state index contributed by atoms with van der Waals surface area (Å²) >= 11 is 0. The maximum Gasteiger partial charge on any atom is 0.350 e. The number of carbonyl (C=O) groups excluding carboxylic acids is 2. The molecule has 0 N–H and O–H groups in total. The molecule has 1 heterocycles. The summed E-state index contributed by atoms with van der Waals surface area (Å²) in [6.07, 6.45) is 1.43. The Kier molecular flexibility index (Phi) is 3.53. The number of rotatable bonds is 2.